The van der Waals surface area contributed by atoms with Gasteiger partial charge in [-0.15, -0.1) is 21.5 Å². The topological polar surface area (TPSA) is 95.3 Å². The second-order valence-corrected chi connectivity index (χ2v) is 11.4. The molecule has 1 aliphatic rings. The van der Waals surface area contributed by atoms with Gasteiger partial charge in [-0.1, -0.05) is 37.7 Å². The lowest BCUT2D eigenvalue weighted by Gasteiger charge is -2.15. The van der Waals surface area contributed by atoms with Crippen molar-refractivity contribution < 1.29 is 19.1 Å². The maximum atomic E-state index is 12.8. The first-order valence-corrected chi connectivity index (χ1v) is 14.5. The standard InChI is InChI=1S/C27H34N4O4S2/c1-6-34-26(33)23-20-9-7-8-10-21(20)37-25(23)28-22(32)15-36-27-30-29-24(31(27)5)17(4)35-19-13-11-18(12-14-19)16(2)3/h11-14,16-17H,6-10,15H2,1-5H3,(H,28,32). The van der Waals surface area contributed by atoms with Crippen LogP contribution in [0.3, 0.4) is 0 Å². The molecule has 8 nitrogen and oxygen atoms in total. The largest absolute Gasteiger partial charge is 0.483 e. The van der Waals surface area contributed by atoms with Crippen LogP contribution in [0.25, 0.3) is 0 Å². The van der Waals surface area contributed by atoms with E-state index in [1.165, 1.54) is 33.5 Å². The third-order valence-corrected chi connectivity index (χ3v) is 8.56. The van der Waals surface area contributed by atoms with Crippen molar-refractivity contribution in [3.63, 3.8) is 0 Å². The summed E-state index contributed by atoms with van der Waals surface area (Å²) in [4.78, 5) is 26.7. The lowest BCUT2D eigenvalue weighted by Crippen LogP contribution is -2.17. The first-order valence-electron chi connectivity index (χ1n) is 12.7. The minimum Gasteiger partial charge on any atom is -0.483 e. The van der Waals surface area contributed by atoms with Crippen LogP contribution in [0.15, 0.2) is 29.4 Å². The monoisotopic (exact) mass is 542 g/mol. The number of ether oxygens (including phenoxy) is 2. The highest BCUT2D eigenvalue weighted by Crippen LogP contribution is 2.38. The molecular formula is C27H34N4O4S2. The molecule has 0 bridgehead atoms. The van der Waals surface area contributed by atoms with E-state index in [1.54, 1.807) is 6.92 Å². The predicted octanol–water partition coefficient (Wildman–Crippen LogP) is 5.93. The smallest absolute Gasteiger partial charge is 0.341 e. The van der Waals surface area contributed by atoms with E-state index < -0.39 is 0 Å². The van der Waals surface area contributed by atoms with Gasteiger partial charge in [0.05, 0.1) is 17.9 Å². The van der Waals surface area contributed by atoms with Crippen LogP contribution in [-0.4, -0.2) is 39.0 Å². The van der Waals surface area contributed by atoms with Gasteiger partial charge >= 0.3 is 5.97 Å². The van der Waals surface area contributed by atoms with Gasteiger partial charge in [0.1, 0.15) is 10.8 Å². The van der Waals surface area contributed by atoms with Crippen molar-refractivity contribution in [2.75, 3.05) is 17.7 Å². The highest BCUT2D eigenvalue weighted by Gasteiger charge is 2.27. The molecule has 3 aromatic rings. The summed E-state index contributed by atoms with van der Waals surface area (Å²) in [5.41, 5.74) is 2.81. The van der Waals surface area contributed by atoms with Gasteiger partial charge in [-0.3, -0.25) is 4.79 Å². The fourth-order valence-electron chi connectivity index (χ4n) is 4.36. The molecule has 1 N–H and O–H groups in total. The number of carbonyl (C=O) groups is 2. The summed E-state index contributed by atoms with van der Waals surface area (Å²) in [6.45, 7) is 8.33. The zero-order valence-electron chi connectivity index (χ0n) is 22.0. The highest BCUT2D eigenvalue weighted by molar-refractivity contribution is 7.99. The van der Waals surface area contributed by atoms with E-state index in [4.69, 9.17) is 9.47 Å². The van der Waals surface area contributed by atoms with Gasteiger partial charge in [0, 0.05) is 11.9 Å². The SMILES string of the molecule is CCOC(=O)c1c(NC(=O)CSc2nnc(C(C)Oc3ccc(C(C)C)cc3)n2C)sc2c1CCCC2. The highest BCUT2D eigenvalue weighted by atomic mass is 32.2. The molecule has 4 rings (SSSR count). The van der Waals surface area contributed by atoms with E-state index in [1.807, 2.05) is 30.7 Å². The summed E-state index contributed by atoms with van der Waals surface area (Å²) >= 11 is 2.78. The quantitative estimate of drug-likeness (QED) is 0.251. The van der Waals surface area contributed by atoms with Crippen LogP contribution in [0, 0.1) is 0 Å². The van der Waals surface area contributed by atoms with Crippen LogP contribution in [0.1, 0.15) is 84.7 Å². The van der Waals surface area contributed by atoms with Gasteiger partial charge in [-0.05, 0) is 68.7 Å². The number of hydrogen-bond donors (Lipinski definition) is 1. The first kappa shape index (κ1) is 27.2. The number of thioether (sulfide) groups is 1. The summed E-state index contributed by atoms with van der Waals surface area (Å²) < 4.78 is 13.2. The molecule has 0 spiro atoms. The summed E-state index contributed by atoms with van der Waals surface area (Å²) in [5, 5.41) is 12.7. The van der Waals surface area contributed by atoms with Gasteiger partial charge in [-0.2, -0.15) is 0 Å². The van der Waals surface area contributed by atoms with Crippen LogP contribution >= 0.6 is 23.1 Å². The number of thiophene rings is 1. The van der Waals surface area contributed by atoms with E-state index in [9.17, 15) is 9.59 Å². The molecule has 1 aromatic carbocycles. The summed E-state index contributed by atoms with van der Waals surface area (Å²) in [5.74, 6) is 1.48. The van der Waals surface area contributed by atoms with Crippen LogP contribution in [0.4, 0.5) is 5.00 Å². The van der Waals surface area contributed by atoms with E-state index in [0.717, 1.165) is 37.0 Å². The molecule has 0 saturated carbocycles. The number of fused-ring (bicyclic) bond motifs is 1. The summed E-state index contributed by atoms with van der Waals surface area (Å²) in [6, 6.07) is 8.08. The average Bonchev–Trinajstić information content (AvgIpc) is 3.42. The Hall–Kier alpha value is -2.85. The summed E-state index contributed by atoms with van der Waals surface area (Å²) in [6.07, 6.45) is 3.60. The second kappa shape index (κ2) is 12.1. The van der Waals surface area contributed by atoms with Crippen molar-refractivity contribution in [1.29, 1.82) is 0 Å². The van der Waals surface area contributed by atoms with Crippen molar-refractivity contribution in [3.05, 3.63) is 51.7 Å². The van der Waals surface area contributed by atoms with Crippen LogP contribution in [0.2, 0.25) is 0 Å². The molecule has 0 radical (unpaired) electrons. The number of nitrogens with one attached hydrogen (secondary N) is 1. The predicted molar refractivity (Wildman–Crippen MR) is 147 cm³/mol. The molecule has 1 atom stereocenters. The number of esters is 1. The minimum atomic E-state index is -0.365. The molecule has 2 aromatic heterocycles. The third kappa shape index (κ3) is 6.35. The molecule has 10 heteroatoms. The second-order valence-electron chi connectivity index (χ2n) is 9.36. The summed E-state index contributed by atoms with van der Waals surface area (Å²) in [7, 11) is 1.86. The molecule has 1 unspecified atom stereocenters. The number of benzene rings is 1. The van der Waals surface area contributed by atoms with E-state index in [0.29, 0.717) is 34.1 Å². The molecular weight excluding hydrogens is 508 g/mol. The Bertz CT molecular complexity index is 1250. The number of nitrogens with zero attached hydrogens (tertiary/aromatic N) is 3. The normalized spacial score (nSPS) is 13.8. The van der Waals surface area contributed by atoms with Crippen molar-refractivity contribution in [1.82, 2.24) is 14.8 Å². The number of carbonyl (C=O) groups excluding carboxylic acids is 2. The zero-order valence-corrected chi connectivity index (χ0v) is 23.6. The number of rotatable bonds is 10. The Labute approximate surface area is 226 Å². The van der Waals surface area contributed by atoms with Crippen LogP contribution in [-0.2, 0) is 29.4 Å². The fraction of sp³-hybridized carbons (Fsp3) is 0.481. The Kier molecular flexibility index (Phi) is 8.91. The molecule has 37 heavy (non-hydrogen) atoms. The molecule has 0 fully saturated rings. The number of aryl methyl sites for hydroxylation is 1. The van der Waals surface area contributed by atoms with Crippen molar-refractivity contribution in [3.8, 4) is 5.75 Å². The molecule has 1 aliphatic carbocycles. The van der Waals surface area contributed by atoms with Gasteiger partial charge in [-0.25, -0.2) is 4.79 Å². The minimum absolute atomic E-state index is 0.142. The van der Waals surface area contributed by atoms with Gasteiger partial charge in [0.2, 0.25) is 5.91 Å². The molecule has 0 aliphatic heterocycles. The van der Waals surface area contributed by atoms with E-state index in [2.05, 4.69) is 41.5 Å². The Morgan fingerprint density at radius 3 is 2.57 bits per heavy atom. The lowest BCUT2D eigenvalue weighted by molar-refractivity contribution is -0.113. The first-order chi connectivity index (χ1) is 17.8. The molecule has 1 amide bonds. The number of anilines is 1. The number of aromatic nitrogens is 3. The van der Waals surface area contributed by atoms with Crippen LogP contribution in [0.5, 0.6) is 5.75 Å². The van der Waals surface area contributed by atoms with Gasteiger partial charge < -0.3 is 19.4 Å². The van der Waals surface area contributed by atoms with Crippen LogP contribution < -0.4 is 10.1 Å². The Morgan fingerprint density at radius 1 is 1.14 bits per heavy atom. The Morgan fingerprint density at radius 2 is 1.86 bits per heavy atom. The van der Waals surface area contributed by atoms with E-state index >= 15 is 0 Å². The number of hydrogen-bond acceptors (Lipinski definition) is 8. The lowest BCUT2D eigenvalue weighted by atomic mass is 9.95. The van der Waals surface area contributed by atoms with Crippen molar-refractivity contribution in [2.24, 2.45) is 7.05 Å². The van der Waals surface area contributed by atoms with Crippen molar-refractivity contribution >= 4 is 40.0 Å². The average molecular weight is 543 g/mol. The van der Waals surface area contributed by atoms with E-state index in [-0.39, 0.29) is 23.7 Å². The molecule has 198 valence electrons. The fourth-order valence-corrected chi connectivity index (χ4v) is 6.37. The van der Waals surface area contributed by atoms with Gasteiger partial charge in [0.15, 0.2) is 17.1 Å². The number of amides is 1. The third-order valence-electron chi connectivity index (χ3n) is 6.33. The Balaban J connectivity index is 1.38. The maximum absolute atomic E-state index is 12.8. The van der Waals surface area contributed by atoms with Gasteiger partial charge in [0.25, 0.3) is 0 Å². The zero-order chi connectivity index (χ0) is 26.5. The maximum Gasteiger partial charge on any atom is 0.341 e. The van der Waals surface area contributed by atoms with Crippen molar-refractivity contribution in [2.45, 2.75) is 70.6 Å². The molecule has 0 saturated heterocycles. The molecule has 2 heterocycles.